The molecule has 0 amide bonds. The van der Waals surface area contributed by atoms with Gasteiger partial charge in [-0.05, 0) is 44.4 Å². The molecule has 0 aromatic rings. The highest BCUT2D eigenvalue weighted by molar-refractivity contribution is 7.52. The van der Waals surface area contributed by atoms with Crippen molar-refractivity contribution >= 4 is 7.60 Å². The van der Waals surface area contributed by atoms with E-state index < -0.39 is 7.60 Å². The van der Waals surface area contributed by atoms with Crippen molar-refractivity contribution in [1.29, 1.82) is 0 Å². The van der Waals surface area contributed by atoms with Gasteiger partial charge in [-0.25, -0.2) is 0 Å². The lowest BCUT2D eigenvalue weighted by molar-refractivity contribution is 0.101. The third kappa shape index (κ3) is 6.01. The molecule has 0 N–H and O–H groups in total. The van der Waals surface area contributed by atoms with Crippen LogP contribution in [0.1, 0.15) is 32.6 Å². The summed E-state index contributed by atoms with van der Waals surface area (Å²) < 4.78 is 27.4. The fraction of sp³-hybridized carbons (Fsp3) is 1.00. The third-order valence-corrected chi connectivity index (χ3v) is 4.62. The zero-order valence-electron chi connectivity index (χ0n) is 11.2. The molecule has 1 rings (SSSR count). The molecule has 1 atom stereocenters. The molecule has 1 unspecified atom stereocenters. The molecule has 17 heavy (non-hydrogen) atoms. The molecule has 1 aliphatic rings. The number of ether oxygens (including phenoxy) is 1. The maximum Gasteiger partial charge on any atom is 0.327 e. The Balaban J connectivity index is 2.20. The van der Waals surface area contributed by atoms with Gasteiger partial charge in [-0.1, -0.05) is 0 Å². The van der Waals surface area contributed by atoms with E-state index in [1.807, 2.05) is 6.92 Å². The second-order valence-corrected chi connectivity index (χ2v) is 6.89. The van der Waals surface area contributed by atoms with Gasteiger partial charge in [-0.15, -0.1) is 0 Å². The Kier molecular flexibility index (Phi) is 6.71. The highest BCUT2D eigenvalue weighted by atomic mass is 31.2. The Hall–Kier alpha value is 0.110. The van der Waals surface area contributed by atoms with E-state index in [9.17, 15) is 4.57 Å². The van der Waals surface area contributed by atoms with Crippen molar-refractivity contribution in [3.63, 3.8) is 0 Å². The van der Waals surface area contributed by atoms with Gasteiger partial charge in [-0.2, -0.15) is 0 Å². The molecule has 0 saturated heterocycles. The molecule has 0 heterocycles. The Labute approximate surface area is 105 Å². The average molecular weight is 264 g/mol. The number of hydrogen-bond donors (Lipinski definition) is 0. The van der Waals surface area contributed by atoms with Gasteiger partial charge in [-0.3, -0.25) is 4.57 Å². The average Bonchev–Trinajstić information content (AvgIpc) is 2.29. The van der Waals surface area contributed by atoms with E-state index in [4.69, 9.17) is 13.8 Å². The maximum absolute atomic E-state index is 11.8. The molecule has 1 saturated carbocycles. The molecule has 102 valence electrons. The molecular weight excluding hydrogens is 239 g/mol. The van der Waals surface area contributed by atoms with Crippen LogP contribution in [0.5, 0.6) is 0 Å². The fourth-order valence-corrected chi connectivity index (χ4v) is 3.34. The number of methoxy groups -OCH3 is 1. The van der Waals surface area contributed by atoms with Crippen LogP contribution < -0.4 is 0 Å². The van der Waals surface area contributed by atoms with Crippen molar-refractivity contribution in [1.82, 2.24) is 0 Å². The molecule has 0 aromatic carbocycles. The minimum absolute atomic E-state index is 0.439. The summed E-state index contributed by atoms with van der Waals surface area (Å²) >= 11 is 0. The lowest BCUT2D eigenvalue weighted by atomic mass is 9.83. The molecule has 1 aliphatic carbocycles. The highest BCUT2D eigenvalue weighted by Crippen LogP contribution is 2.45. The summed E-state index contributed by atoms with van der Waals surface area (Å²) in [6, 6.07) is 0. The second-order valence-electron chi connectivity index (χ2n) is 4.83. The van der Waals surface area contributed by atoms with E-state index >= 15 is 0 Å². The maximum atomic E-state index is 11.8. The first-order chi connectivity index (χ1) is 8.07. The van der Waals surface area contributed by atoms with Crippen LogP contribution >= 0.6 is 7.60 Å². The van der Waals surface area contributed by atoms with Gasteiger partial charge in [0.05, 0.1) is 13.2 Å². The zero-order chi connectivity index (χ0) is 12.7. The summed E-state index contributed by atoms with van der Waals surface area (Å²) in [7, 11) is -1.06. The van der Waals surface area contributed by atoms with Gasteiger partial charge in [0.15, 0.2) is 0 Å². The van der Waals surface area contributed by atoms with Crippen LogP contribution in [0, 0.1) is 11.8 Å². The van der Waals surface area contributed by atoms with E-state index in [0.717, 1.165) is 19.4 Å². The Morgan fingerprint density at radius 2 is 1.59 bits per heavy atom. The van der Waals surface area contributed by atoms with Crippen molar-refractivity contribution in [2.75, 3.05) is 33.6 Å². The van der Waals surface area contributed by atoms with Crippen LogP contribution in [0.4, 0.5) is 0 Å². The quantitative estimate of drug-likeness (QED) is 0.662. The first-order valence-electron chi connectivity index (χ1n) is 6.43. The van der Waals surface area contributed by atoms with E-state index in [2.05, 4.69) is 0 Å². The van der Waals surface area contributed by atoms with Crippen molar-refractivity contribution in [3.8, 4) is 0 Å². The van der Waals surface area contributed by atoms with Crippen molar-refractivity contribution in [2.24, 2.45) is 11.8 Å². The minimum atomic E-state index is -2.81. The first-order valence-corrected chi connectivity index (χ1v) is 8.42. The highest BCUT2D eigenvalue weighted by Gasteiger charge is 2.24. The van der Waals surface area contributed by atoms with Crippen LogP contribution in [0.15, 0.2) is 0 Å². The van der Waals surface area contributed by atoms with Crippen LogP contribution in [-0.2, 0) is 18.3 Å². The van der Waals surface area contributed by atoms with E-state index in [-0.39, 0.29) is 0 Å². The van der Waals surface area contributed by atoms with Gasteiger partial charge in [0.2, 0.25) is 0 Å². The monoisotopic (exact) mass is 264 g/mol. The summed E-state index contributed by atoms with van der Waals surface area (Å²) in [4.78, 5) is 0. The molecule has 1 fully saturated rings. The minimum Gasteiger partial charge on any atom is -0.384 e. The standard InChI is InChI=1S/C12H25O4P/c1-4-15-17(3,13)16-10-12-7-5-11(6-8-12)9-14-2/h11-12H,4-10H2,1-3H3. The van der Waals surface area contributed by atoms with Crippen LogP contribution in [0.3, 0.4) is 0 Å². The second kappa shape index (κ2) is 7.52. The van der Waals surface area contributed by atoms with Crippen LogP contribution in [-0.4, -0.2) is 33.6 Å². The SMILES string of the molecule is CCOP(C)(=O)OCC1CCC(COC)CC1. The smallest absolute Gasteiger partial charge is 0.327 e. The van der Waals surface area contributed by atoms with Gasteiger partial charge < -0.3 is 13.8 Å². The summed E-state index contributed by atoms with van der Waals surface area (Å²) in [5.41, 5.74) is 0. The summed E-state index contributed by atoms with van der Waals surface area (Å²) in [5.74, 6) is 1.22. The van der Waals surface area contributed by atoms with Crippen LogP contribution in [0.25, 0.3) is 0 Å². The fourth-order valence-electron chi connectivity index (χ4n) is 2.31. The van der Waals surface area contributed by atoms with Gasteiger partial charge in [0.1, 0.15) is 0 Å². The van der Waals surface area contributed by atoms with E-state index in [1.54, 1.807) is 13.8 Å². The molecule has 0 aromatic heterocycles. The molecule has 0 aliphatic heterocycles. The Bertz CT molecular complexity index is 249. The predicted molar refractivity (Wildman–Crippen MR) is 68.4 cm³/mol. The first kappa shape index (κ1) is 15.2. The molecule has 0 radical (unpaired) electrons. The molecule has 5 heteroatoms. The summed E-state index contributed by atoms with van der Waals surface area (Å²) in [5, 5.41) is 0. The number of rotatable bonds is 7. The lowest BCUT2D eigenvalue weighted by Gasteiger charge is -2.28. The Morgan fingerprint density at radius 3 is 2.06 bits per heavy atom. The lowest BCUT2D eigenvalue weighted by Crippen LogP contribution is -2.21. The van der Waals surface area contributed by atoms with Crippen molar-refractivity contribution in [2.45, 2.75) is 32.6 Å². The topological polar surface area (TPSA) is 44.8 Å². The molecule has 0 bridgehead atoms. The molecular formula is C12H25O4P. The van der Waals surface area contributed by atoms with Gasteiger partial charge >= 0.3 is 7.60 Å². The van der Waals surface area contributed by atoms with Crippen LogP contribution in [0.2, 0.25) is 0 Å². The van der Waals surface area contributed by atoms with Crippen molar-refractivity contribution in [3.05, 3.63) is 0 Å². The van der Waals surface area contributed by atoms with Crippen molar-refractivity contribution < 1.29 is 18.3 Å². The summed E-state index contributed by atoms with van der Waals surface area (Å²) in [6.07, 6.45) is 4.65. The van der Waals surface area contributed by atoms with E-state index in [0.29, 0.717) is 25.0 Å². The van der Waals surface area contributed by atoms with Gasteiger partial charge in [0, 0.05) is 20.4 Å². The molecule has 0 spiro atoms. The normalized spacial score (nSPS) is 28.9. The largest absolute Gasteiger partial charge is 0.384 e. The zero-order valence-corrected chi connectivity index (χ0v) is 12.1. The number of hydrogen-bond acceptors (Lipinski definition) is 4. The van der Waals surface area contributed by atoms with E-state index in [1.165, 1.54) is 12.8 Å². The Morgan fingerprint density at radius 1 is 1.06 bits per heavy atom. The molecule has 4 nitrogen and oxygen atoms in total. The van der Waals surface area contributed by atoms with Gasteiger partial charge in [0.25, 0.3) is 0 Å². The predicted octanol–water partition coefficient (Wildman–Crippen LogP) is 3.32. The summed E-state index contributed by atoms with van der Waals surface area (Å²) in [6.45, 7) is 5.24. The third-order valence-electron chi connectivity index (χ3n) is 3.28.